The van der Waals surface area contributed by atoms with Gasteiger partial charge in [0.1, 0.15) is 6.33 Å². The first kappa shape index (κ1) is 18.6. The van der Waals surface area contributed by atoms with Crippen LogP contribution in [0.5, 0.6) is 0 Å². The molecule has 2 heterocycles. The van der Waals surface area contributed by atoms with Crippen LogP contribution in [0.3, 0.4) is 0 Å². The zero-order chi connectivity index (χ0) is 19.3. The largest absolute Gasteiger partial charge is 0.350 e. The van der Waals surface area contributed by atoms with Gasteiger partial charge in [-0.05, 0) is 66.2 Å². The quantitative estimate of drug-likeness (QED) is 0.693. The van der Waals surface area contributed by atoms with E-state index in [1.807, 2.05) is 36.4 Å². The van der Waals surface area contributed by atoms with E-state index in [-0.39, 0.29) is 11.9 Å². The Balaban J connectivity index is 1.50. The third kappa shape index (κ3) is 4.05. The number of carbonyl (C=O) groups excluding carboxylic acids is 1. The molecule has 1 atom stereocenters. The fourth-order valence-electron chi connectivity index (χ4n) is 3.60. The Bertz CT molecular complexity index is 939. The van der Waals surface area contributed by atoms with Gasteiger partial charge in [-0.25, -0.2) is 4.68 Å². The summed E-state index contributed by atoms with van der Waals surface area (Å²) in [6.07, 6.45) is 3.84. The Morgan fingerprint density at radius 3 is 2.71 bits per heavy atom. The van der Waals surface area contributed by atoms with Crippen LogP contribution in [0.4, 0.5) is 0 Å². The van der Waals surface area contributed by atoms with E-state index in [2.05, 4.69) is 25.7 Å². The van der Waals surface area contributed by atoms with Gasteiger partial charge in [0, 0.05) is 17.1 Å². The maximum absolute atomic E-state index is 12.8. The molecule has 28 heavy (non-hydrogen) atoms. The SMILES string of the molecule is O=C(NC[C@@H](c1ccccc1Cl)N1CCCC1)c1cccc(-n2cnnn2)c1. The Kier molecular flexibility index (Phi) is 5.64. The molecule has 1 aliphatic rings. The molecule has 2 aromatic carbocycles. The van der Waals surface area contributed by atoms with E-state index in [1.165, 1.54) is 23.9 Å². The lowest BCUT2D eigenvalue weighted by Gasteiger charge is -2.29. The number of benzene rings is 2. The second-order valence-corrected chi connectivity index (χ2v) is 7.20. The number of aromatic nitrogens is 4. The summed E-state index contributed by atoms with van der Waals surface area (Å²) in [6, 6.07) is 15.1. The number of hydrogen-bond donors (Lipinski definition) is 1. The number of carbonyl (C=O) groups is 1. The molecule has 0 spiro atoms. The summed E-state index contributed by atoms with van der Waals surface area (Å²) in [4.78, 5) is 15.2. The normalized spacial score (nSPS) is 15.5. The lowest BCUT2D eigenvalue weighted by atomic mass is 10.0. The van der Waals surface area contributed by atoms with E-state index in [0.29, 0.717) is 12.1 Å². The Hall–Kier alpha value is -2.77. The van der Waals surface area contributed by atoms with Gasteiger partial charge in [-0.15, -0.1) is 5.10 Å². The summed E-state index contributed by atoms with van der Waals surface area (Å²) >= 11 is 6.45. The van der Waals surface area contributed by atoms with Gasteiger partial charge < -0.3 is 5.32 Å². The van der Waals surface area contributed by atoms with E-state index in [0.717, 1.165) is 29.4 Å². The Morgan fingerprint density at radius 2 is 1.96 bits per heavy atom. The minimum Gasteiger partial charge on any atom is -0.350 e. The summed E-state index contributed by atoms with van der Waals surface area (Å²) in [7, 11) is 0. The number of likely N-dealkylation sites (tertiary alicyclic amines) is 1. The molecule has 1 amide bonds. The number of rotatable bonds is 6. The van der Waals surface area contributed by atoms with Crippen LogP contribution in [0.25, 0.3) is 5.69 Å². The molecule has 1 fully saturated rings. The molecule has 1 aliphatic heterocycles. The van der Waals surface area contributed by atoms with Gasteiger partial charge in [0.15, 0.2) is 0 Å². The predicted molar refractivity (Wildman–Crippen MR) is 106 cm³/mol. The van der Waals surface area contributed by atoms with Gasteiger partial charge >= 0.3 is 0 Å². The number of halogens is 1. The fraction of sp³-hybridized carbons (Fsp3) is 0.300. The molecule has 1 aromatic heterocycles. The molecule has 0 radical (unpaired) electrons. The van der Waals surface area contributed by atoms with E-state index in [1.54, 1.807) is 12.1 Å². The van der Waals surface area contributed by atoms with Crippen molar-refractivity contribution >= 4 is 17.5 Å². The van der Waals surface area contributed by atoms with Gasteiger partial charge in [0.2, 0.25) is 0 Å². The second-order valence-electron chi connectivity index (χ2n) is 6.80. The van der Waals surface area contributed by atoms with Crippen molar-refractivity contribution in [3.8, 4) is 5.69 Å². The van der Waals surface area contributed by atoms with Crippen molar-refractivity contribution in [2.75, 3.05) is 19.6 Å². The van der Waals surface area contributed by atoms with Crippen molar-refractivity contribution in [1.82, 2.24) is 30.4 Å². The summed E-state index contributed by atoms with van der Waals surface area (Å²) in [6.45, 7) is 2.53. The molecule has 4 rings (SSSR count). The van der Waals surface area contributed by atoms with Gasteiger partial charge in [-0.1, -0.05) is 35.9 Å². The molecular weight excluding hydrogens is 376 g/mol. The van der Waals surface area contributed by atoms with Gasteiger partial charge in [-0.2, -0.15) is 0 Å². The first-order valence-corrected chi connectivity index (χ1v) is 9.70. The lowest BCUT2D eigenvalue weighted by molar-refractivity contribution is 0.0938. The highest BCUT2D eigenvalue weighted by atomic mass is 35.5. The third-order valence-corrected chi connectivity index (χ3v) is 5.37. The van der Waals surface area contributed by atoms with Crippen molar-refractivity contribution in [3.05, 3.63) is 71.0 Å². The van der Waals surface area contributed by atoms with Crippen LogP contribution in [-0.2, 0) is 0 Å². The van der Waals surface area contributed by atoms with Gasteiger partial charge in [-0.3, -0.25) is 9.69 Å². The second kappa shape index (κ2) is 8.50. The average Bonchev–Trinajstić information content (AvgIpc) is 3.44. The van der Waals surface area contributed by atoms with E-state index < -0.39 is 0 Å². The Labute approximate surface area is 168 Å². The van der Waals surface area contributed by atoms with Crippen LogP contribution in [0.15, 0.2) is 54.9 Å². The maximum atomic E-state index is 12.8. The summed E-state index contributed by atoms with van der Waals surface area (Å²) in [5.41, 5.74) is 2.35. The molecule has 3 aromatic rings. The third-order valence-electron chi connectivity index (χ3n) is 5.02. The topological polar surface area (TPSA) is 75.9 Å². The van der Waals surface area contributed by atoms with E-state index >= 15 is 0 Å². The zero-order valence-electron chi connectivity index (χ0n) is 15.3. The number of amides is 1. The first-order chi connectivity index (χ1) is 13.7. The van der Waals surface area contributed by atoms with Crippen molar-refractivity contribution in [1.29, 1.82) is 0 Å². The van der Waals surface area contributed by atoms with Crippen LogP contribution in [0, 0.1) is 0 Å². The highest BCUT2D eigenvalue weighted by Gasteiger charge is 2.25. The summed E-state index contributed by atoms with van der Waals surface area (Å²) in [5.74, 6) is -0.133. The molecule has 0 bridgehead atoms. The average molecular weight is 397 g/mol. The molecule has 0 saturated carbocycles. The van der Waals surface area contributed by atoms with Crippen molar-refractivity contribution in [2.45, 2.75) is 18.9 Å². The van der Waals surface area contributed by atoms with Crippen LogP contribution in [0.1, 0.15) is 34.8 Å². The first-order valence-electron chi connectivity index (χ1n) is 9.32. The van der Waals surface area contributed by atoms with Crippen LogP contribution >= 0.6 is 11.6 Å². The molecule has 1 N–H and O–H groups in total. The van der Waals surface area contributed by atoms with E-state index in [9.17, 15) is 4.79 Å². The molecule has 1 saturated heterocycles. The van der Waals surface area contributed by atoms with Gasteiger partial charge in [0.05, 0.1) is 11.7 Å². The smallest absolute Gasteiger partial charge is 0.251 e. The highest BCUT2D eigenvalue weighted by molar-refractivity contribution is 6.31. The van der Waals surface area contributed by atoms with Crippen molar-refractivity contribution < 1.29 is 4.79 Å². The number of nitrogens with zero attached hydrogens (tertiary/aromatic N) is 5. The fourth-order valence-corrected chi connectivity index (χ4v) is 3.86. The standard InChI is InChI=1S/C20H21ClN6O/c21-18-9-2-1-8-17(18)19(26-10-3-4-11-26)13-22-20(28)15-6-5-7-16(12-15)27-14-23-24-25-27/h1-2,5-9,12,14,19H,3-4,10-11,13H2,(H,22,28)/t19-/m0/s1. The predicted octanol–water partition coefficient (Wildman–Crippen LogP) is 2.88. The molecule has 0 aliphatic carbocycles. The lowest BCUT2D eigenvalue weighted by Crippen LogP contribution is -2.37. The van der Waals surface area contributed by atoms with Crippen LogP contribution in [-0.4, -0.2) is 50.6 Å². The van der Waals surface area contributed by atoms with Crippen LogP contribution < -0.4 is 5.32 Å². The number of hydrogen-bond acceptors (Lipinski definition) is 5. The molecule has 144 valence electrons. The molecule has 8 heteroatoms. The van der Waals surface area contributed by atoms with Crippen molar-refractivity contribution in [2.24, 2.45) is 0 Å². The summed E-state index contributed by atoms with van der Waals surface area (Å²) < 4.78 is 1.52. The Morgan fingerprint density at radius 1 is 1.14 bits per heavy atom. The van der Waals surface area contributed by atoms with Crippen molar-refractivity contribution in [3.63, 3.8) is 0 Å². The monoisotopic (exact) mass is 396 g/mol. The number of tetrazole rings is 1. The van der Waals surface area contributed by atoms with E-state index in [4.69, 9.17) is 11.6 Å². The molecule has 0 unspecified atom stereocenters. The number of nitrogens with one attached hydrogen (secondary N) is 1. The zero-order valence-corrected chi connectivity index (χ0v) is 16.1. The molecular formula is C20H21ClN6O. The highest BCUT2D eigenvalue weighted by Crippen LogP contribution is 2.29. The molecule has 7 nitrogen and oxygen atoms in total. The summed E-state index contributed by atoms with van der Waals surface area (Å²) in [5, 5.41) is 14.9. The van der Waals surface area contributed by atoms with Gasteiger partial charge in [0.25, 0.3) is 5.91 Å². The minimum atomic E-state index is -0.133. The minimum absolute atomic E-state index is 0.0582. The maximum Gasteiger partial charge on any atom is 0.251 e. The van der Waals surface area contributed by atoms with Crippen LogP contribution in [0.2, 0.25) is 5.02 Å².